The van der Waals surface area contributed by atoms with Crippen LogP contribution in [0.1, 0.15) is 18.4 Å². The van der Waals surface area contributed by atoms with Crippen molar-refractivity contribution in [3.8, 4) is 0 Å². The van der Waals surface area contributed by atoms with Gasteiger partial charge in [-0.2, -0.15) is 0 Å². The van der Waals surface area contributed by atoms with Crippen molar-refractivity contribution in [3.63, 3.8) is 0 Å². The van der Waals surface area contributed by atoms with Gasteiger partial charge in [-0.15, -0.1) is 0 Å². The van der Waals surface area contributed by atoms with Crippen LogP contribution in [0.5, 0.6) is 0 Å². The number of alkyl halides is 1. The first kappa shape index (κ1) is 11.3. The second kappa shape index (κ2) is 6.66. The average Bonchev–Trinajstić information content (AvgIpc) is 2.25. The number of benzene rings is 1. The summed E-state index contributed by atoms with van der Waals surface area (Å²) in [6, 6.07) is 10.1. The molecule has 0 bridgehead atoms. The van der Waals surface area contributed by atoms with Gasteiger partial charge in [0, 0.05) is 11.8 Å². The monoisotopic (exact) mass is 254 g/mol. The van der Waals surface area contributed by atoms with Crippen LogP contribution in [0.4, 0.5) is 0 Å². The number of hydrogen-bond acceptors (Lipinski definition) is 1. The molecule has 0 aliphatic rings. The highest BCUT2D eigenvalue weighted by atomic mass is 79.9. The number of hydrogen-bond donors (Lipinski definition) is 0. The normalized spacial score (nSPS) is 9.79. The maximum atomic E-state index is 5.51. The Balaban J connectivity index is 2.24. The van der Waals surface area contributed by atoms with Crippen molar-refractivity contribution in [2.24, 2.45) is 0 Å². The molecule has 0 atom stereocenters. The van der Waals surface area contributed by atoms with Crippen molar-refractivity contribution in [3.05, 3.63) is 48.2 Å². The fourth-order valence-corrected chi connectivity index (χ4v) is 1.38. The van der Waals surface area contributed by atoms with Gasteiger partial charge in [0.05, 0.1) is 5.76 Å². The molecule has 0 saturated heterocycles. The minimum atomic E-state index is 0.627. The predicted octanol–water partition coefficient (Wildman–Crippen LogP) is 3.89. The van der Waals surface area contributed by atoms with Crippen molar-refractivity contribution in [2.75, 3.05) is 5.33 Å². The van der Waals surface area contributed by atoms with Crippen LogP contribution in [0.25, 0.3) is 0 Å². The first-order valence-corrected chi connectivity index (χ1v) is 5.85. The van der Waals surface area contributed by atoms with E-state index in [9.17, 15) is 0 Å². The predicted molar refractivity (Wildman–Crippen MR) is 63.4 cm³/mol. The average molecular weight is 255 g/mol. The van der Waals surface area contributed by atoms with Crippen LogP contribution in [0.3, 0.4) is 0 Å². The lowest BCUT2D eigenvalue weighted by molar-refractivity contribution is 0.190. The largest absolute Gasteiger partial charge is 0.494 e. The minimum Gasteiger partial charge on any atom is -0.494 e. The molecule has 1 rings (SSSR count). The molecule has 0 heterocycles. The Kier molecular flexibility index (Phi) is 5.38. The Hall–Kier alpha value is -0.760. The standard InChI is InChI=1S/C12H15BrO/c1-11(6-5-9-13)14-10-12-7-3-2-4-8-12/h2-4,7-8H,1,5-6,9-10H2. The summed E-state index contributed by atoms with van der Waals surface area (Å²) in [7, 11) is 0. The van der Waals surface area contributed by atoms with Gasteiger partial charge in [0.15, 0.2) is 0 Å². The zero-order valence-electron chi connectivity index (χ0n) is 8.21. The van der Waals surface area contributed by atoms with E-state index in [1.54, 1.807) is 0 Å². The lowest BCUT2D eigenvalue weighted by Crippen LogP contribution is -1.93. The van der Waals surface area contributed by atoms with Crippen LogP contribution in [0, 0.1) is 0 Å². The third kappa shape index (κ3) is 4.47. The van der Waals surface area contributed by atoms with Gasteiger partial charge in [0.2, 0.25) is 0 Å². The summed E-state index contributed by atoms with van der Waals surface area (Å²) in [6.07, 6.45) is 2.01. The minimum absolute atomic E-state index is 0.627. The van der Waals surface area contributed by atoms with Gasteiger partial charge in [-0.3, -0.25) is 0 Å². The first-order chi connectivity index (χ1) is 6.83. The highest BCUT2D eigenvalue weighted by Gasteiger charge is 1.95. The van der Waals surface area contributed by atoms with Gasteiger partial charge in [0.25, 0.3) is 0 Å². The molecule has 0 amide bonds. The van der Waals surface area contributed by atoms with E-state index in [1.807, 2.05) is 18.2 Å². The van der Waals surface area contributed by atoms with E-state index < -0.39 is 0 Å². The quantitative estimate of drug-likeness (QED) is 0.553. The van der Waals surface area contributed by atoms with Gasteiger partial charge in [-0.05, 0) is 12.0 Å². The third-order valence-electron chi connectivity index (χ3n) is 1.88. The molecule has 0 aromatic heterocycles. The van der Waals surface area contributed by atoms with E-state index >= 15 is 0 Å². The van der Waals surface area contributed by atoms with Crippen LogP contribution in [0.2, 0.25) is 0 Å². The second-order valence-corrected chi connectivity index (χ2v) is 3.90. The van der Waals surface area contributed by atoms with Crippen molar-refractivity contribution in [1.82, 2.24) is 0 Å². The molecule has 0 radical (unpaired) electrons. The smallest absolute Gasteiger partial charge is 0.113 e. The topological polar surface area (TPSA) is 9.23 Å². The van der Waals surface area contributed by atoms with Crippen LogP contribution in [-0.2, 0) is 11.3 Å². The zero-order chi connectivity index (χ0) is 10.2. The lowest BCUT2D eigenvalue weighted by Gasteiger charge is -2.08. The summed E-state index contributed by atoms with van der Waals surface area (Å²) < 4.78 is 5.51. The molecular formula is C12H15BrO. The number of rotatable bonds is 6. The summed E-state index contributed by atoms with van der Waals surface area (Å²) in [4.78, 5) is 0. The van der Waals surface area contributed by atoms with E-state index in [-0.39, 0.29) is 0 Å². The van der Waals surface area contributed by atoms with Gasteiger partial charge in [-0.1, -0.05) is 52.8 Å². The number of ether oxygens (including phenoxy) is 1. The molecule has 0 aliphatic heterocycles. The van der Waals surface area contributed by atoms with Crippen LogP contribution in [-0.4, -0.2) is 5.33 Å². The maximum Gasteiger partial charge on any atom is 0.113 e. The Morgan fingerprint density at radius 2 is 2.00 bits per heavy atom. The molecule has 1 nitrogen and oxygen atoms in total. The van der Waals surface area contributed by atoms with Crippen LogP contribution < -0.4 is 0 Å². The SMILES string of the molecule is C=C(CCCBr)OCc1ccccc1. The van der Waals surface area contributed by atoms with Crippen molar-refractivity contribution < 1.29 is 4.74 Å². The van der Waals surface area contributed by atoms with Gasteiger partial charge >= 0.3 is 0 Å². The fourth-order valence-electron chi connectivity index (χ4n) is 1.10. The lowest BCUT2D eigenvalue weighted by atomic mass is 10.2. The van der Waals surface area contributed by atoms with Crippen molar-refractivity contribution >= 4 is 15.9 Å². The molecule has 76 valence electrons. The van der Waals surface area contributed by atoms with E-state index in [1.165, 1.54) is 5.56 Å². The van der Waals surface area contributed by atoms with E-state index in [0.29, 0.717) is 6.61 Å². The highest BCUT2D eigenvalue weighted by molar-refractivity contribution is 9.09. The van der Waals surface area contributed by atoms with Gasteiger partial charge in [-0.25, -0.2) is 0 Å². The summed E-state index contributed by atoms with van der Waals surface area (Å²) in [5.41, 5.74) is 1.19. The summed E-state index contributed by atoms with van der Waals surface area (Å²) in [5.74, 6) is 0.869. The Bertz CT molecular complexity index is 269. The summed E-state index contributed by atoms with van der Waals surface area (Å²) in [6.45, 7) is 4.49. The van der Waals surface area contributed by atoms with Gasteiger partial charge in [0.1, 0.15) is 6.61 Å². The Morgan fingerprint density at radius 1 is 1.29 bits per heavy atom. The fraction of sp³-hybridized carbons (Fsp3) is 0.333. The molecule has 0 spiro atoms. The molecule has 0 fully saturated rings. The van der Waals surface area contributed by atoms with E-state index in [4.69, 9.17) is 4.74 Å². The number of halogens is 1. The van der Waals surface area contributed by atoms with E-state index in [0.717, 1.165) is 23.9 Å². The Labute approximate surface area is 93.9 Å². The molecule has 0 N–H and O–H groups in total. The number of allylic oxidation sites excluding steroid dienone is 1. The zero-order valence-corrected chi connectivity index (χ0v) is 9.79. The molecule has 2 heteroatoms. The second-order valence-electron chi connectivity index (χ2n) is 3.11. The van der Waals surface area contributed by atoms with Crippen molar-refractivity contribution in [1.29, 1.82) is 0 Å². The third-order valence-corrected chi connectivity index (χ3v) is 2.44. The van der Waals surface area contributed by atoms with Crippen LogP contribution >= 0.6 is 15.9 Å². The summed E-state index contributed by atoms with van der Waals surface area (Å²) >= 11 is 3.38. The molecule has 1 aromatic carbocycles. The molecule has 1 aromatic rings. The summed E-state index contributed by atoms with van der Waals surface area (Å²) in [5, 5.41) is 1.00. The molecule has 0 unspecified atom stereocenters. The molecule has 0 saturated carbocycles. The van der Waals surface area contributed by atoms with Gasteiger partial charge < -0.3 is 4.74 Å². The van der Waals surface area contributed by atoms with E-state index in [2.05, 4.69) is 34.6 Å². The Morgan fingerprint density at radius 3 is 2.64 bits per heavy atom. The maximum absolute atomic E-state index is 5.51. The first-order valence-electron chi connectivity index (χ1n) is 4.73. The van der Waals surface area contributed by atoms with Crippen molar-refractivity contribution in [2.45, 2.75) is 19.4 Å². The van der Waals surface area contributed by atoms with Crippen LogP contribution in [0.15, 0.2) is 42.7 Å². The molecule has 14 heavy (non-hydrogen) atoms. The molecular weight excluding hydrogens is 240 g/mol. The highest BCUT2D eigenvalue weighted by Crippen LogP contribution is 2.09. The molecule has 0 aliphatic carbocycles.